The number of nitrogens with one attached hydrogen (secondary N) is 3. The highest BCUT2D eigenvalue weighted by atomic mass is 35.5. The van der Waals surface area contributed by atoms with Gasteiger partial charge in [-0.15, -0.1) is 0 Å². The SMILES string of the molecule is CCCCN1CCNc2nc(Cl)ccc21.CCCCN1CCNc2nc(N3CCCC(C(F)(F)F)C3)ccc21.FC(F)(F)C1CCCNC1. The minimum absolute atomic E-state index is 0.00877. The first-order valence-electron chi connectivity index (χ1n) is 17.6. The van der Waals surface area contributed by atoms with Gasteiger partial charge in [0.1, 0.15) is 11.0 Å². The summed E-state index contributed by atoms with van der Waals surface area (Å²) in [4.78, 5) is 15.4. The molecule has 4 aliphatic rings. The number of hydrogen-bond acceptors (Lipinski definition) is 8. The van der Waals surface area contributed by atoms with Crippen LogP contribution in [0.25, 0.3) is 0 Å². The fraction of sp³-hybridized carbons (Fsp3) is 0.706. The van der Waals surface area contributed by atoms with Gasteiger partial charge in [0, 0.05) is 58.9 Å². The van der Waals surface area contributed by atoms with E-state index in [9.17, 15) is 26.3 Å². The Bertz CT molecular complexity index is 1290. The molecule has 2 unspecified atom stereocenters. The highest BCUT2D eigenvalue weighted by Gasteiger charge is 2.42. The Balaban J connectivity index is 0.000000184. The molecule has 0 aliphatic carbocycles. The first-order valence-corrected chi connectivity index (χ1v) is 18.0. The van der Waals surface area contributed by atoms with Crippen LogP contribution in [0.3, 0.4) is 0 Å². The summed E-state index contributed by atoms with van der Waals surface area (Å²) in [5.41, 5.74) is 2.24. The Labute approximate surface area is 291 Å². The van der Waals surface area contributed by atoms with Crippen LogP contribution in [0.15, 0.2) is 24.3 Å². The number of pyridine rings is 2. The van der Waals surface area contributed by atoms with E-state index in [0.29, 0.717) is 30.4 Å². The number of aromatic nitrogens is 2. The Morgan fingerprint density at radius 2 is 1.31 bits per heavy atom. The van der Waals surface area contributed by atoms with E-state index in [2.05, 4.69) is 49.6 Å². The topological polar surface area (TPSA) is 71.6 Å². The van der Waals surface area contributed by atoms with Gasteiger partial charge in [-0.1, -0.05) is 38.3 Å². The predicted molar refractivity (Wildman–Crippen MR) is 187 cm³/mol. The van der Waals surface area contributed by atoms with Crippen molar-refractivity contribution in [2.24, 2.45) is 11.8 Å². The van der Waals surface area contributed by atoms with Crippen molar-refractivity contribution < 1.29 is 26.3 Å². The van der Waals surface area contributed by atoms with E-state index in [1.165, 1.54) is 18.5 Å². The van der Waals surface area contributed by atoms with Crippen LogP contribution in [-0.4, -0.2) is 87.8 Å². The van der Waals surface area contributed by atoms with E-state index in [1.54, 1.807) is 4.90 Å². The lowest BCUT2D eigenvalue weighted by atomic mass is 9.97. The van der Waals surface area contributed by atoms with Crippen LogP contribution in [0.5, 0.6) is 0 Å². The number of fused-ring (bicyclic) bond motifs is 2. The van der Waals surface area contributed by atoms with Crippen molar-refractivity contribution in [1.82, 2.24) is 15.3 Å². The summed E-state index contributed by atoms with van der Waals surface area (Å²) in [6.45, 7) is 11.7. The molecule has 15 heteroatoms. The molecule has 3 N–H and O–H groups in total. The second-order valence-electron chi connectivity index (χ2n) is 13.0. The van der Waals surface area contributed by atoms with E-state index >= 15 is 0 Å². The molecule has 0 aromatic carbocycles. The molecule has 6 rings (SSSR count). The molecule has 2 saturated heterocycles. The molecule has 2 fully saturated rings. The van der Waals surface area contributed by atoms with Crippen molar-refractivity contribution in [2.75, 3.05) is 90.8 Å². The highest BCUT2D eigenvalue weighted by Crippen LogP contribution is 2.36. The molecule has 6 heterocycles. The molecule has 49 heavy (non-hydrogen) atoms. The van der Waals surface area contributed by atoms with Crippen LogP contribution in [-0.2, 0) is 0 Å². The normalized spacial score (nSPS) is 20.8. The highest BCUT2D eigenvalue weighted by molar-refractivity contribution is 6.29. The number of hydrogen-bond donors (Lipinski definition) is 3. The van der Waals surface area contributed by atoms with Crippen molar-refractivity contribution in [3.8, 4) is 0 Å². The third-order valence-corrected chi connectivity index (χ3v) is 9.47. The van der Waals surface area contributed by atoms with Crippen molar-refractivity contribution in [3.63, 3.8) is 0 Å². The van der Waals surface area contributed by atoms with Crippen LogP contribution in [0.1, 0.15) is 65.2 Å². The molecule has 4 aliphatic heterocycles. The van der Waals surface area contributed by atoms with Gasteiger partial charge >= 0.3 is 12.4 Å². The quantitative estimate of drug-likeness (QED) is 0.195. The summed E-state index contributed by atoms with van der Waals surface area (Å²) in [5.74, 6) is 0.000670. The molecule has 2 aromatic rings. The third-order valence-electron chi connectivity index (χ3n) is 9.26. The maximum Gasteiger partial charge on any atom is 0.393 e. The fourth-order valence-corrected chi connectivity index (χ4v) is 6.57. The minimum Gasteiger partial charge on any atom is -0.367 e. The largest absolute Gasteiger partial charge is 0.393 e. The number of unbranched alkanes of at least 4 members (excludes halogenated alkanes) is 2. The van der Waals surface area contributed by atoms with E-state index < -0.39 is 24.2 Å². The summed E-state index contributed by atoms with van der Waals surface area (Å²) in [6.07, 6.45) is -1.70. The third kappa shape index (κ3) is 11.6. The molecule has 0 saturated carbocycles. The average molecular weight is 721 g/mol. The van der Waals surface area contributed by atoms with Crippen molar-refractivity contribution in [1.29, 1.82) is 0 Å². The summed E-state index contributed by atoms with van der Waals surface area (Å²) >= 11 is 5.86. The van der Waals surface area contributed by atoms with Gasteiger partial charge in [-0.25, -0.2) is 9.97 Å². The standard InChI is InChI=1S/C17H25F3N4.C11H16ClN3.C6H10F3N/c1-2-3-9-23-11-8-21-16-14(23)6-7-15(22-16)24-10-4-5-13(12-24)17(18,19)20;1-2-3-7-15-8-6-13-11-9(15)4-5-10(12)14-11;7-6(8,9)5-2-1-3-10-4-5/h6-7,13H,2-5,8-12H2,1H3,(H,21,22);4-5H,2-3,6-8H2,1H3,(H,13,14);5,10H,1-4H2. The van der Waals surface area contributed by atoms with E-state index in [1.807, 2.05) is 24.3 Å². The number of rotatable bonds is 7. The Hall–Kier alpha value is -2.87. The summed E-state index contributed by atoms with van der Waals surface area (Å²) in [7, 11) is 0. The molecular formula is C34H51ClF6N8. The van der Waals surface area contributed by atoms with E-state index in [4.69, 9.17) is 11.6 Å². The van der Waals surface area contributed by atoms with Crippen molar-refractivity contribution in [2.45, 2.75) is 77.6 Å². The van der Waals surface area contributed by atoms with Crippen LogP contribution in [0, 0.1) is 11.8 Å². The summed E-state index contributed by atoms with van der Waals surface area (Å²) in [6, 6.07) is 7.76. The lowest BCUT2D eigenvalue weighted by Crippen LogP contribution is -2.42. The monoisotopic (exact) mass is 720 g/mol. The van der Waals surface area contributed by atoms with Crippen LogP contribution >= 0.6 is 11.6 Å². The zero-order chi connectivity index (χ0) is 35.4. The number of piperidine rings is 2. The zero-order valence-corrected chi connectivity index (χ0v) is 29.3. The predicted octanol–water partition coefficient (Wildman–Crippen LogP) is 8.21. The first-order chi connectivity index (χ1) is 23.4. The summed E-state index contributed by atoms with van der Waals surface area (Å²) in [5, 5.41) is 9.84. The fourth-order valence-electron chi connectivity index (χ4n) is 6.42. The van der Waals surface area contributed by atoms with E-state index in [-0.39, 0.29) is 25.9 Å². The molecule has 2 aromatic heterocycles. The van der Waals surface area contributed by atoms with Gasteiger partial charge in [0.15, 0.2) is 11.6 Å². The Kier molecular flexibility index (Phi) is 14.6. The molecule has 8 nitrogen and oxygen atoms in total. The molecular weight excluding hydrogens is 670 g/mol. The minimum atomic E-state index is -4.12. The van der Waals surface area contributed by atoms with E-state index in [0.717, 1.165) is 76.0 Å². The van der Waals surface area contributed by atoms with Crippen LogP contribution in [0.4, 0.5) is 55.2 Å². The second-order valence-corrected chi connectivity index (χ2v) is 13.4. The van der Waals surface area contributed by atoms with Gasteiger partial charge < -0.3 is 30.7 Å². The van der Waals surface area contributed by atoms with Gasteiger partial charge in [-0.2, -0.15) is 26.3 Å². The lowest BCUT2D eigenvalue weighted by Gasteiger charge is -2.36. The maximum atomic E-state index is 13.0. The van der Waals surface area contributed by atoms with Gasteiger partial charge in [0.2, 0.25) is 0 Å². The molecule has 2 atom stereocenters. The lowest BCUT2D eigenvalue weighted by molar-refractivity contribution is -0.178. The number of nitrogens with zero attached hydrogens (tertiary/aromatic N) is 5. The summed E-state index contributed by atoms with van der Waals surface area (Å²) < 4.78 is 74.7. The molecule has 276 valence electrons. The molecule has 0 radical (unpaired) electrons. The maximum absolute atomic E-state index is 13.0. The zero-order valence-electron chi connectivity index (χ0n) is 28.6. The van der Waals surface area contributed by atoms with Gasteiger partial charge in [0.05, 0.1) is 23.2 Å². The Morgan fingerprint density at radius 1 is 0.735 bits per heavy atom. The second kappa shape index (κ2) is 18.4. The average Bonchev–Trinajstić information content (AvgIpc) is 3.09. The first kappa shape index (κ1) is 38.9. The van der Waals surface area contributed by atoms with Gasteiger partial charge in [-0.3, -0.25) is 0 Å². The molecule has 0 amide bonds. The van der Waals surface area contributed by atoms with Crippen LogP contribution in [0.2, 0.25) is 5.15 Å². The van der Waals surface area contributed by atoms with Crippen molar-refractivity contribution in [3.05, 3.63) is 29.4 Å². The van der Waals surface area contributed by atoms with Crippen LogP contribution < -0.4 is 30.7 Å². The Morgan fingerprint density at radius 3 is 1.84 bits per heavy atom. The number of halogens is 7. The number of alkyl halides is 6. The van der Waals surface area contributed by atoms with Gasteiger partial charge in [0.25, 0.3) is 0 Å². The molecule has 0 bridgehead atoms. The molecule has 0 spiro atoms. The smallest absolute Gasteiger partial charge is 0.367 e. The van der Waals surface area contributed by atoms with Gasteiger partial charge in [-0.05, 0) is 69.3 Å². The van der Waals surface area contributed by atoms with Crippen molar-refractivity contribution >= 4 is 40.4 Å². The number of anilines is 5.